The van der Waals surface area contributed by atoms with Gasteiger partial charge in [-0.3, -0.25) is 4.79 Å². The van der Waals surface area contributed by atoms with Crippen LogP contribution in [0.4, 0.5) is 5.69 Å². The van der Waals surface area contributed by atoms with Gasteiger partial charge in [0.2, 0.25) is 5.91 Å². The molecule has 4 heteroatoms. The van der Waals surface area contributed by atoms with Gasteiger partial charge in [0.05, 0.1) is 12.5 Å². The summed E-state index contributed by atoms with van der Waals surface area (Å²) in [7, 11) is 0. The molecule has 0 aliphatic carbocycles. The van der Waals surface area contributed by atoms with Gasteiger partial charge >= 0.3 is 0 Å². The average Bonchev–Trinajstić information content (AvgIpc) is 2.70. The molecule has 0 saturated carbocycles. The van der Waals surface area contributed by atoms with Crippen molar-refractivity contribution in [2.75, 3.05) is 24.6 Å². The Morgan fingerprint density at radius 3 is 2.90 bits per heavy atom. The molecule has 4 rings (SSSR count). The van der Waals surface area contributed by atoms with E-state index in [9.17, 15) is 4.79 Å². The number of ether oxygens (including phenoxy) is 1. The lowest BCUT2D eigenvalue weighted by Crippen LogP contribution is -2.52. The van der Waals surface area contributed by atoms with Crippen molar-refractivity contribution in [2.24, 2.45) is 17.8 Å². The molecule has 0 aromatic heterocycles. The van der Waals surface area contributed by atoms with Crippen LogP contribution in [-0.2, 0) is 4.79 Å². The number of nitrogens with zero attached hydrogens (tertiary/aromatic N) is 1. The molecule has 2 bridgehead atoms. The first-order valence-corrected chi connectivity index (χ1v) is 7.89. The summed E-state index contributed by atoms with van der Waals surface area (Å²) >= 11 is 0. The van der Waals surface area contributed by atoms with Gasteiger partial charge in [0.1, 0.15) is 5.75 Å². The summed E-state index contributed by atoms with van der Waals surface area (Å²) in [6, 6.07) is 8.58. The first kappa shape index (κ1) is 14.2. The van der Waals surface area contributed by atoms with Gasteiger partial charge in [0, 0.05) is 30.9 Å². The van der Waals surface area contributed by atoms with Crippen LogP contribution in [0.2, 0.25) is 0 Å². The molecule has 3 aliphatic rings. The van der Waals surface area contributed by atoms with E-state index >= 15 is 0 Å². The largest absolute Gasteiger partial charge is 0.494 e. The van der Waals surface area contributed by atoms with Gasteiger partial charge in [0.25, 0.3) is 0 Å². The topological polar surface area (TPSA) is 41.6 Å². The first-order valence-electron chi connectivity index (χ1n) is 7.89. The number of rotatable bonds is 3. The van der Waals surface area contributed by atoms with Crippen LogP contribution in [0, 0.1) is 17.8 Å². The zero-order valence-corrected chi connectivity index (χ0v) is 13.0. The summed E-state index contributed by atoms with van der Waals surface area (Å²) in [5.74, 6) is 2.12. The van der Waals surface area contributed by atoms with E-state index in [4.69, 9.17) is 4.74 Å². The van der Waals surface area contributed by atoms with Crippen molar-refractivity contribution in [3.63, 3.8) is 0 Å². The fourth-order valence-corrected chi connectivity index (χ4v) is 3.68. The number of anilines is 1. The van der Waals surface area contributed by atoms with Gasteiger partial charge in [-0.1, -0.05) is 19.9 Å². The van der Waals surface area contributed by atoms with Crippen LogP contribution in [0.25, 0.3) is 0 Å². The second-order valence-electron chi connectivity index (χ2n) is 6.22. The molecule has 3 aliphatic heterocycles. The van der Waals surface area contributed by atoms with E-state index in [1.807, 2.05) is 19.1 Å². The lowest BCUT2D eigenvalue weighted by molar-refractivity contribution is -0.125. The second-order valence-corrected chi connectivity index (χ2v) is 6.22. The summed E-state index contributed by atoms with van der Waals surface area (Å²) < 4.78 is 5.61. The van der Waals surface area contributed by atoms with Crippen LogP contribution in [0.5, 0.6) is 5.75 Å². The molecule has 4 nitrogen and oxygen atoms in total. The van der Waals surface area contributed by atoms with Crippen LogP contribution < -0.4 is 15.0 Å². The van der Waals surface area contributed by atoms with Crippen LogP contribution in [0.1, 0.15) is 20.8 Å². The molecule has 1 aromatic rings. The van der Waals surface area contributed by atoms with E-state index in [0.29, 0.717) is 24.5 Å². The van der Waals surface area contributed by atoms with E-state index in [1.165, 1.54) is 0 Å². The Labute approximate surface area is 126 Å². The summed E-state index contributed by atoms with van der Waals surface area (Å²) in [5.41, 5.74) is 1.16. The van der Waals surface area contributed by atoms with Crippen LogP contribution in [0.15, 0.2) is 24.3 Å². The van der Waals surface area contributed by atoms with Crippen molar-refractivity contribution in [2.45, 2.75) is 26.8 Å². The van der Waals surface area contributed by atoms with Crippen molar-refractivity contribution in [1.29, 1.82) is 0 Å². The minimum Gasteiger partial charge on any atom is -0.494 e. The third-order valence-corrected chi connectivity index (χ3v) is 5.15. The monoisotopic (exact) mass is 288 g/mol. The van der Waals surface area contributed by atoms with Crippen LogP contribution in [-0.4, -0.2) is 31.6 Å². The van der Waals surface area contributed by atoms with Gasteiger partial charge in [-0.2, -0.15) is 0 Å². The zero-order chi connectivity index (χ0) is 15.0. The highest BCUT2D eigenvalue weighted by Crippen LogP contribution is 2.38. The maximum Gasteiger partial charge on any atom is 0.225 e. The highest BCUT2D eigenvalue weighted by Gasteiger charge is 2.45. The van der Waals surface area contributed by atoms with E-state index in [-0.39, 0.29) is 11.8 Å². The van der Waals surface area contributed by atoms with E-state index in [0.717, 1.165) is 24.5 Å². The molecular weight excluding hydrogens is 264 g/mol. The molecule has 2 unspecified atom stereocenters. The van der Waals surface area contributed by atoms with Crippen molar-refractivity contribution in [1.82, 2.24) is 5.32 Å². The first-order chi connectivity index (χ1) is 10.1. The molecule has 3 saturated heterocycles. The molecule has 4 atom stereocenters. The Morgan fingerprint density at radius 2 is 2.14 bits per heavy atom. The number of carbonyl (C=O) groups excluding carboxylic acids is 1. The van der Waals surface area contributed by atoms with Crippen molar-refractivity contribution >= 4 is 11.6 Å². The number of piperidine rings is 1. The highest BCUT2D eigenvalue weighted by molar-refractivity contribution is 5.81. The molecular formula is C17H24N2O2. The third kappa shape index (κ3) is 2.47. The molecule has 114 valence electrons. The lowest BCUT2D eigenvalue weighted by atomic mass is 9.76. The molecule has 1 amide bonds. The van der Waals surface area contributed by atoms with Crippen LogP contribution >= 0.6 is 0 Å². The Bertz CT molecular complexity index is 531. The van der Waals surface area contributed by atoms with Crippen molar-refractivity contribution in [3.05, 3.63) is 24.3 Å². The Balaban J connectivity index is 1.92. The van der Waals surface area contributed by atoms with Crippen LogP contribution in [0.3, 0.4) is 0 Å². The smallest absolute Gasteiger partial charge is 0.225 e. The predicted octanol–water partition coefficient (Wildman–Crippen LogP) is 2.29. The van der Waals surface area contributed by atoms with Gasteiger partial charge in [-0.05, 0) is 30.9 Å². The normalized spacial score (nSPS) is 31.8. The maximum absolute atomic E-state index is 12.2. The quantitative estimate of drug-likeness (QED) is 0.928. The summed E-state index contributed by atoms with van der Waals surface area (Å²) in [5, 5.41) is 3.10. The average molecular weight is 288 g/mol. The Hall–Kier alpha value is -1.71. The predicted molar refractivity (Wildman–Crippen MR) is 83.6 cm³/mol. The van der Waals surface area contributed by atoms with E-state index in [1.54, 1.807) is 0 Å². The molecule has 1 N–H and O–H groups in total. The van der Waals surface area contributed by atoms with Gasteiger partial charge in [-0.15, -0.1) is 0 Å². The Morgan fingerprint density at radius 1 is 1.33 bits per heavy atom. The number of benzene rings is 1. The van der Waals surface area contributed by atoms with Gasteiger partial charge in [0.15, 0.2) is 0 Å². The standard InChI is InChI=1S/C17H24N2O2/c1-4-21-14-7-5-6-13(8-14)19-10-15-11(2)12(3)16(19)9-18-17(15)20/h5-8,11-12,15-16H,4,9-10H2,1-3H3,(H,18,20)/t11?,12-,15+,16?/m0/s1. The molecule has 3 heterocycles. The minimum atomic E-state index is 0.0782. The number of fused-ring (bicyclic) bond motifs is 4. The van der Waals surface area contributed by atoms with E-state index < -0.39 is 0 Å². The summed E-state index contributed by atoms with van der Waals surface area (Å²) in [6.45, 7) is 8.68. The maximum atomic E-state index is 12.2. The van der Waals surface area contributed by atoms with Gasteiger partial charge < -0.3 is 15.0 Å². The number of nitrogens with one attached hydrogen (secondary N) is 1. The number of amides is 1. The lowest BCUT2D eigenvalue weighted by Gasteiger charge is -2.45. The fourth-order valence-electron chi connectivity index (χ4n) is 3.68. The van der Waals surface area contributed by atoms with Crippen molar-refractivity contribution in [3.8, 4) is 5.75 Å². The third-order valence-electron chi connectivity index (χ3n) is 5.15. The SMILES string of the molecule is CCOc1cccc(N2C[C@H]3C(=O)NCC2[C@@H](C)C3C)c1. The number of carbonyl (C=O) groups is 1. The fraction of sp³-hybridized carbons (Fsp3) is 0.588. The van der Waals surface area contributed by atoms with Crippen molar-refractivity contribution < 1.29 is 9.53 Å². The summed E-state index contributed by atoms with van der Waals surface area (Å²) in [6.07, 6.45) is 0. The number of hydrogen-bond donors (Lipinski definition) is 1. The molecule has 21 heavy (non-hydrogen) atoms. The molecule has 1 aromatic carbocycles. The van der Waals surface area contributed by atoms with Gasteiger partial charge in [-0.25, -0.2) is 0 Å². The second kappa shape index (κ2) is 5.58. The number of hydrogen-bond acceptors (Lipinski definition) is 3. The van der Waals surface area contributed by atoms with E-state index in [2.05, 4.69) is 36.2 Å². The summed E-state index contributed by atoms with van der Waals surface area (Å²) in [4.78, 5) is 14.6. The highest BCUT2D eigenvalue weighted by atomic mass is 16.5. The molecule has 0 radical (unpaired) electrons. The molecule has 0 spiro atoms. The zero-order valence-electron chi connectivity index (χ0n) is 13.0. The Kier molecular flexibility index (Phi) is 3.79. The minimum absolute atomic E-state index is 0.0782. The molecule has 3 fully saturated rings.